The lowest BCUT2D eigenvalue weighted by atomic mass is 10.2. The molecule has 2 amide bonds. The molecule has 4 N–H and O–H groups in total. The lowest BCUT2D eigenvalue weighted by Crippen LogP contribution is -2.39. The van der Waals surface area contributed by atoms with Crippen LogP contribution in [0.5, 0.6) is 11.5 Å². The number of carbonyl (C=O) groups excluding carboxylic acids is 2. The van der Waals surface area contributed by atoms with E-state index in [0.29, 0.717) is 29.7 Å². The van der Waals surface area contributed by atoms with E-state index in [1.54, 1.807) is 12.1 Å². The van der Waals surface area contributed by atoms with Crippen molar-refractivity contribution < 1.29 is 19.1 Å². The van der Waals surface area contributed by atoms with E-state index in [-0.39, 0.29) is 31.4 Å². The summed E-state index contributed by atoms with van der Waals surface area (Å²) in [6.07, 6.45) is 0. The molecule has 1 aliphatic rings. The van der Waals surface area contributed by atoms with Crippen LogP contribution in [0.2, 0.25) is 5.02 Å². The zero-order chi connectivity index (χ0) is 15.2. The molecule has 21 heavy (non-hydrogen) atoms. The highest BCUT2D eigenvalue weighted by Crippen LogP contribution is 2.38. The van der Waals surface area contributed by atoms with Gasteiger partial charge in [-0.1, -0.05) is 11.6 Å². The molecule has 2 rings (SSSR count). The van der Waals surface area contributed by atoms with E-state index in [0.717, 1.165) is 5.56 Å². The largest absolute Gasteiger partial charge is 0.486 e. The van der Waals surface area contributed by atoms with Crippen LogP contribution in [0, 0.1) is 0 Å². The summed E-state index contributed by atoms with van der Waals surface area (Å²) in [6.45, 7) is 0.932. The second-order valence-corrected chi connectivity index (χ2v) is 4.77. The Morgan fingerprint density at radius 1 is 1.19 bits per heavy atom. The Kier molecular flexibility index (Phi) is 5.24. The number of rotatable bonds is 5. The molecule has 1 aliphatic heterocycles. The Bertz CT molecular complexity index is 550. The molecule has 8 heteroatoms. The minimum atomic E-state index is -0.382. The van der Waals surface area contributed by atoms with E-state index in [2.05, 4.69) is 10.6 Å². The number of hydrogen-bond donors (Lipinski definition) is 3. The molecule has 7 nitrogen and oxygen atoms in total. The van der Waals surface area contributed by atoms with Crippen molar-refractivity contribution in [1.82, 2.24) is 10.6 Å². The minimum Gasteiger partial charge on any atom is -0.486 e. The number of benzene rings is 1. The van der Waals surface area contributed by atoms with Gasteiger partial charge in [0, 0.05) is 6.54 Å². The van der Waals surface area contributed by atoms with Crippen LogP contribution in [0.3, 0.4) is 0 Å². The monoisotopic (exact) mass is 313 g/mol. The van der Waals surface area contributed by atoms with Crippen LogP contribution in [0.1, 0.15) is 5.56 Å². The van der Waals surface area contributed by atoms with E-state index < -0.39 is 0 Å². The Balaban J connectivity index is 1.90. The smallest absolute Gasteiger partial charge is 0.239 e. The van der Waals surface area contributed by atoms with Gasteiger partial charge in [-0.3, -0.25) is 9.59 Å². The van der Waals surface area contributed by atoms with Crippen LogP contribution in [0.4, 0.5) is 0 Å². The van der Waals surface area contributed by atoms with Gasteiger partial charge >= 0.3 is 0 Å². The Hall–Kier alpha value is -1.99. The van der Waals surface area contributed by atoms with Gasteiger partial charge in [-0.25, -0.2) is 0 Å². The van der Waals surface area contributed by atoms with Crippen molar-refractivity contribution in [3.63, 3.8) is 0 Å². The molecule has 114 valence electrons. The Morgan fingerprint density at radius 3 is 2.71 bits per heavy atom. The van der Waals surface area contributed by atoms with Gasteiger partial charge in [-0.15, -0.1) is 0 Å². The fraction of sp³-hybridized carbons (Fsp3) is 0.385. The maximum absolute atomic E-state index is 11.6. The number of fused-ring (bicyclic) bond motifs is 1. The predicted molar refractivity (Wildman–Crippen MR) is 76.4 cm³/mol. The second kappa shape index (κ2) is 7.14. The van der Waals surface area contributed by atoms with E-state index in [9.17, 15) is 9.59 Å². The first-order valence-electron chi connectivity index (χ1n) is 6.41. The number of hydrogen-bond acceptors (Lipinski definition) is 5. The summed E-state index contributed by atoms with van der Waals surface area (Å²) in [5.74, 6) is 0.387. The molecular weight excluding hydrogens is 298 g/mol. The average molecular weight is 314 g/mol. The first-order valence-corrected chi connectivity index (χ1v) is 6.79. The van der Waals surface area contributed by atoms with Crippen LogP contribution in [0.15, 0.2) is 12.1 Å². The van der Waals surface area contributed by atoms with Crippen molar-refractivity contribution in [3.05, 3.63) is 22.7 Å². The van der Waals surface area contributed by atoms with E-state index >= 15 is 0 Å². The average Bonchev–Trinajstić information content (AvgIpc) is 2.50. The number of carbonyl (C=O) groups is 2. The lowest BCUT2D eigenvalue weighted by Gasteiger charge is -2.20. The topological polar surface area (TPSA) is 103 Å². The predicted octanol–water partition coefficient (Wildman–Crippen LogP) is -0.198. The van der Waals surface area contributed by atoms with Crippen molar-refractivity contribution in [1.29, 1.82) is 0 Å². The third-order valence-corrected chi connectivity index (χ3v) is 3.06. The summed E-state index contributed by atoms with van der Waals surface area (Å²) in [5.41, 5.74) is 5.90. The van der Waals surface area contributed by atoms with Crippen molar-refractivity contribution >= 4 is 23.4 Å². The third-order valence-electron chi connectivity index (χ3n) is 2.78. The summed E-state index contributed by atoms with van der Waals surface area (Å²) in [4.78, 5) is 22.5. The molecule has 0 saturated heterocycles. The van der Waals surface area contributed by atoms with Crippen molar-refractivity contribution in [3.8, 4) is 11.5 Å². The van der Waals surface area contributed by atoms with Gasteiger partial charge in [0.1, 0.15) is 13.2 Å². The fourth-order valence-corrected chi connectivity index (χ4v) is 2.07. The number of nitrogens with two attached hydrogens (primary N) is 1. The molecule has 1 aromatic carbocycles. The van der Waals surface area contributed by atoms with Gasteiger partial charge in [-0.05, 0) is 17.7 Å². The standard InChI is InChI=1S/C13H16ClN3O4/c14-9-3-8(4-10-13(9)21-2-1-20-10)6-16-12(19)7-17-11(18)5-15/h3-4H,1-2,5-7,15H2,(H,16,19)(H,17,18). The molecule has 0 aromatic heterocycles. The van der Waals surface area contributed by atoms with Crippen molar-refractivity contribution in [2.24, 2.45) is 5.73 Å². The van der Waals surface area contributed by atoms with Crippen LogP contribution >= 0.6 is 11.6 Å². The number of halogens is 1. The molecule has 0 aliphatic carbocycles. The molecule has 1 aromatic rings. The summed E-state index contributed by atoms with van der Waals surface area (Å²) >= 11 is 6.10. The van der Waals surface area contributed by atoms with E-state index in [1.807, 2.05) is 0 Å². The van der Waals surface area contributed by atoms with E-state index in [4.69, 9.17) is 26.8 Å². The van der Waals surface area contributed by atoms with Crippen LogP contribution < -0.4 is 25.8 Å². The van der Waals surface area contributed by atoms with E-state index in [1.165, 1.54) is 0 Å². The molecule has 0 radical (unpaired) electrons. The quantitative estimate of drug-likeness (QED) is 0.699. The first kappa shape index (κ1) is 15.4. The highest BCUT2D eigenvalue weighted by Gasteiger charge is 2.16. The molecular formula is C13H16ClN3O4. The first-order chi connectivity index (χ1) is 10.1. The number of amides is 2. The molecule has 1 heterocycles. The van der Waals surface area contributed by atoms with Gasteiger partial charge in [0.2, 0.25) is 11.8 Å². The van der Waals surface area contributed by atoms with Crippen LogP contribution in [-0.2, 0) is 16.1 Å². The molecule has 0 saturated carbocycles. The van der Waals surface area contributed by atoms with Crippen LogP contribution in [0.25, 0.3) is 0 Å². The number of nitrogens with one attached hydrogen (secondary N) is 2. The lowest BCUT2D eigenvalue weighted by molar-refractivity contribution is -0.125. The summed E-state index contributed by atoms with van der Waals surface area (Å²) in [6, 6.07) is 3.47. The van der Waals surface area contributed by atoms with Crippen LogP contribution in [-0.4, -0.2) is 38.1 Å². The highest BCUT2D eigenvalue weighted by atomic mass is 35.5. The van der Waals surface area contributed by atoms with Crippen molar-refractivity contribution in [2.45, 2.75) is 6.54 Å². The number of ether oxygens (including phenoxy) is 2. The van der Waals surface area contributed by atoms with Gasteiger partial charge in [-0.2, -0.15) is 0 Å². The maximum atomic E-state index is 11.6. The zero-order valence-electron chi connectivity index (χ0n) is 11.3. The van der Waals surface area contributed by atoms with Gasteiger partial charge < -0.3 is 25.8 Å². The summed E-state index contributed by atoms with van der Waals surface area (Å²) < 4.78 is 10.9. The molecule has 0 fully saturated rings. The normalized spacial score (nSPS) is 12.7. The van der Waals surface area contributed by atoms with Gasteiger partial charge in [0.15, 0.2) is 11.5 Å². The molecule has 0 bridgehead atoms. The fourth-order valence-electron chi connectivity index (χ4n) is 1.78. The van der Waals surface area contributed by atoms with Gasteiger partial charge in [0.25, 0.3) is 0 Å². The Labute approximate surface area is 126 Å². The molecule has 0 atom stereocenters. The Morgan fingerprint density at radius 2 is 1.95 bits per heavy atom. The maximum Gasteiger partial charge on any atom is 0.239 e. The van der Waals surface area contributed by atoms with Crippen molar-refractivity contribution in [2.75, 3.05) is 26.3 Å². The third kappa shape index (κ3) is 4.24. The minimum absolute atomic E-state index is 0.117. The summed E-state index contributed by atoms with van der Waals surface area (Å²) in [7, 11) is 0. The second-order valence-electron chi connectivity index (χ2n) is 4.36. The van der Waals surface area contributed by atoms with Gasteiger partial charge in [0.05, 0.1) is 18.1 Å². The summed E-state index contributed by atoms with van der Waals surface area (Å²) in [5, 5.41) is 5.48. The highest BCUT2D eigenvalue weighted by molar-refractivity contribution is 6.32. The molecule has 0 spiro atoms. The molecule has 0 unspecified atom stereocenters. The SMILES string of the molecule is NCC(=O)NCC(=O)NCc1cc(Cl)c2c(c1)OCCO2. The zero-order valence-corrected chi connectivity index (χ0v) is 12.0.